The van der Waals surface area contributed by atoms with Crippen LogP contribution in [0.2, 0.25) is 0 Å². The standard InChI is InChI=1S/C14H18N2O2/c1-3-14-15-8-9-16(14)10-12(17)11-6-4-5-7-13(11)18-2/h4-9,12,17H,3,10H2,1-2H3. The molecule has 4 nitrogen and oxygen atoms in total. The predicted molar refractivity (Wildman–Crippen MR) is 69.6 cm³/mol. The van der Waals surface area contributed by atoms with Crippen molar-refractivity contribution in [1.29, 1.82) is 0 Å². The van der Waals surface area contributed by atoms with E-state index in [0.29, 0.717) is 12.3 Å². The molecular formula is C14H18N2O2. The van der Waals surface area contributed by atoms with Gasteiger partial charge in [0.25, 0.3) is 0 Å². The van der Waals surface area contributed by atoms with Crippen molar-refractivity contribution in [2.75, 3.05) is 7.11 Å². The van der Waals surface area contributed by atoms with Crippen molar-refractivity contribution in [3.05, 3.63) is 48.0 Å². The summed E-state index contributed by atoms with van der Waals surface area (Å²) in [5.41, 5.74) is 0.802. The van der Waals surface area contributed by atoms with Gasteiger partial charge >= 0.3 is 0 Å². The number of ether oxygens (including phenoxy) is 1. The summed E-state index contributed by atoms with van der Waals surface area (Å²) >= 11 is 0. The molecule has 1 aromatic carbocycles. The zero-order valence-corrected chi connectivity index (χ0v) is 10.7. The third-order valence-corrected chi connectivity index (χ3v) is 2.99. The van der Waals surface area contributed by atoms with Crippen LogP contribution < -0.4 is 4.74 Å². The van der Waals surface area contributed by atoms with E-state index in [1.807, 2.05) is 42.0 Å². The second-order valence-corrected chi connectivity index (χ2v) is 4.11. The Bertz CT molecular complexity index is 508. The average molecular weight is 246 g/mol. The lowest BCUT2D eigenvalue weighted by Gasteiger charge is -2.16. The Morgan fingerprint density at radius 1 is 1.39 bits per heavy atom. The lowest BCUT2D eigenvalue weighted by molar-refractivity contribution is 0.151. The van der Waals surface area contributed by atoms with E-state index in [1.54, 1.807) is 13.3 Å². The van der Waals surface area contributed by atoms with Gasteiger partial charge in [0.2, 0.25) is 0 Å². The number of rotatable bonds is 5. The summed E-state index contributed by atoms with van der Waals surface area (Å²) in [5, 5.41) is 10.3. The van der Waals surface area contributed by atoms with E-state index in [1.165, 1.54) is 0 Å². The Balaban J connectivity index is 2.19. The minimum absolute atomic E-state index is 0.490. The summed E-state index contributed by atoms with van der Waals surface area (Å²) in [4.78, 5) is 4.24. The molecule has 0 aliphatic rings. The number of aromatic nitrogens is 2. The van der Waals surface area contributed by atoms with E-state index in [0.717, 1.165) is 17.8 Å². The normalized spacial score (nSPS) is 12.4. The predicted octanol–water partition coefficient (Wildman–Crippen LogP) is 2.19. The minimum atomic E-state index is -0.597. The first-order chi connectivity index (χ1) is 8.76. The van der Waals surface area contributed by atoms with Gasteiger partial charge in [-0.05, 0) is 6.07 Å². The second kappa shape index (κ2) is 5.69. The first-order valence-corrected chi connectivity index (χ1v) is 6.07. The summed E-state index contributed by atoms with van der Waals surface area (Å²) in [6.07, 6.45) is 3.90. The number of methoxy groups -OCH3 is 1. The lowest BCUT2D eigenvalue weighted by Crippen LogP contribution is -2.11. The Morgan fingerprint density at radius 3 is 2.89 bits per heavy atom. The maximum Gasteiger partial charge on any atom is 0.124 e. The molecule has 0 aliphatic carbocycles. The van der Waals surface area contributed by atoms with Crippen molar-refractivity contribution in [1.82, 2.24) is 9.55 Å². The number of nitrogens with zero attached hydrogens (tertiary/aromatic N) is 2. The van der Waals surface area contributed by atoms with Gasteiger partial charge in [-0.1, -0.05) is 25.1 Å². The first-order valence-electron chi connectivity index (χ1n) is 6.07. The molecule has 1 heterocycles. The molecule has 1 atom stereocenters. The molecule has 96 valence electrons. The molecule has 0 saturated heterocycles. The van der Waals surface area contributed by atoms with Crippen molar-refractivity contribution in [3.8, 4) is 5.75 Å². The molecule has 0 spiro atoms. The first kappa shape index (κ1) is 12.6. The Morgan fingerprint density at radius 2 is 2.17 bits per heavy atom. The fraction of sp³-hybridized carbons (Fsp3) is 0.357. The van der Waals surface area contributed by atoms with Gasteiger partial charge in [0.1, 0.15) is 17.7 Å². The van der Waals surface area contributed by atoms with Crippen molar-refractivity contribution in [2.24, 2.45) is 0 Å². The fourth-order valence-corrected chi connectivity index (χ4v) is 2.05. The third-order valence-electron chi connectivity index (χ3n) is 2.99. The van der Waals surface area contributed by atoms with E-state index in [4.69, 9.17) is 4.74 Å². The summed E-state index contributed by atoms with van der Waals surface area (Å²) in [5.74, 6) is 1.69. The molecule has 2 rings (SSSR count). The van der Waals surface area contributed by atoms with Crippen molar-refractivity contribution < 1.29 is 9.84 Å². The van der Waals surface area contributed by atoms with E-state index in [-0.39, 0.29) is 0 Å². The summed E-state index contributed by atoms with van der Waals surface area (Å²) in [6, 6.07) is 7.53. The van der Waals surface area contributed by atoms with Gasteiger partial charge in [-0.25, -0.2) is 4.98 Å². The van der Waals surface area contributed by atoms with Gasteiger partial charge in [-0.2, -0.15) is 0 Å². The van der Waals surface area contributed by atoms with Crippen LogP contribution in [-0.2, 0) is 13.0 Å². The van der Waals surface area contributed by atoms with Gasteiger partial charge < -0.3 is 14.4 Å². The minimum Gasteiger partial charge on any atom is -0.496 e. The molecule has 0 radical (unpaired) electrons. The van der Waals surface area contributed by atoms with Crippen LogP contribution in [-0.4, -0.2) is 21.8 Å². The van der Waals surface area contributed by atoms with Crippen LogP contribution in [0.3, 0.4) is 0 Å². The van der Waals surface area contributed by atoms with E-state index in [9.17, 15) is 5.11 Å². The molecule has 0 aliphatic heterocycles. The van der Waals surface area contributed by atoms with Crippen LogP contribution in [0.25, 0.3) is 0 Å². The molecular weight excluding hydrogens is 228 g/mol. The lowest BCUT2D eigenvalue weighted by atomic mass is 10.1. The summed E-state index contributed by atoms with van der Waals surface area (Å²) in [6.45, 7) is 2.54. The molecule has 1 unspecified atom stereocenters. The number of imidazole rings is 1. The topological polar surface area (TPSA) is 47.3 Å². The third kappa shape index (κ3) is 2.54. The molecule has 4 heteroatoms. The van der Waals surface area contributed by atoms with Crippen molar-refractivity contribution in [3.63, 3.8) is 0 Å². The summed E-state index contributed by atoms with van der Waals surface area (Å²) < 4.78 is 7.23. The van der Waals surface area contributed by atoms with E-state index < -0.39 is 6.10 Å². The second-order valence-electron chi connectivity index (χ2n) is 4.11. The SMILES string of the molecule is CCc1nccn1CC(O)c1ccccc1OC. The van der Waals surface area contributed by atoms with Crippen LogP contribution in [0.4, 0.5) is 0 Å². The highest BCUT2D eigenvalue weighted by Gasteiger charge is 2.14. The monoisotopic (exact) mass is 246 g/mol. The number of aliphatic hydroxyl groups excluding tert-OH is 1. The van der Waals surface area contributed by atoms with Crippen LogP contribution in [0.1, 0.15) is 24.4 Å². The molecule has 1 aromatic heterocycles. The number of aliphatic hydroxyl groups is 1. The maximum atomic E-state index is 10.3. The fourth-order valence-electron chi connectivity index (χ4n) is 2.05. The maximum absolute atomic E-state index is 10.3. The number of para-hydroxylation sites is 1. The zero-order valence-electron chi connectivity index (χ0n) is 10.7. The Kier molecular flexibility index (Phi) is 3.99. The smallest absolute Gasteiger partial charge is 0.124 e. The van der Waals surface area contributed by atoms with Crippen LogP contribution in [0.5, 0.6) is 5.75 Å². The molecule has 0 bridgehead atoms. The van der Waals surface area contributed by atoms with E-state index in [2.05, 4.69) is 4.98 Å². The highest BCUT2D eigenvalue weighted by Crippen LogP contribution is 2.25. The van der Waals surface area contributed by atoms with Crippen LogP contribution >= 0.6 is 0 Å². The van der Waals surface area contributed by atoms with Crippen LogP contribution in [0, 0.1) is 0 Å². The number of hydrogen-bond donors (Lipinski definition) is 1. The highest BCUT2D eigenvalue weighted by molar-refractivity contribution is 5.34. The van der Waals surface area contributed by atoms with Crippen LogP contribution in [0.15, 0.2) is 36.7 Å². The quantitative estimate of drug-likeness (QED) is 0.879. The highest BCUT2D eigenvalue weighted by atomic mass is 16.5. The van der Waals surface area contributed by atoms with Gasteiger partial charge in [-0.3, -0.25) is 0 Å². The summed E-state index contributed by atoms with van der Waals surface area (Å²) in [7, 11) is 1.61. The van der Waals surface area contributed by atoms with Gasteiger partial charge in [0.05, 0.1) is 13.7 Å². The number of benzene rings is 1. The zero-order chi connectivity index (χ0) is 13.0. The average Bonchev–Trinajstić information content (AvgIpc) is 2.85. The largest absolute Gasteiger partial charge is 0.496 e. The Hall–Kier alpha value is -1.81. The molecule has 0 saturated carbocycles. The number of aryl methyl sites for hydroxylation is 1. The van der Waals surface area contributed by atoms with E-state index >= 15 is 0 Å². The van der Waals surface area contributed by atoms with Crippen molar-refractivity contribution >= 4 is 0 Å². The van der Waals surface area contributed by atoms with Gasteiger partial charge in [0.15, 0.2) is 0 Å². The molecule has 0 amide bonds. The molecule has 0 fully saturated rings. The van der Waals surface area contributed by atoms with Crippen molar-refractivity contribution in [2.45, 2.75) is 26.0 Å². The number of hydrogen-bond acceptors (Lipinski definition) is 3. The van der Waals surface area contributed by atoms with Gasteiger partial charge in [-0.15, -0.1) is 0 Å². The Labute approximate surface area is 107 Å². The van der Waals surface area contributed by atoms with Gasteiger partial charge in [0, 0.05) is 24.4 Å². The molecule has 18 heavy (non-hydrogen) atoms. The molecule has 2 aromatic rings. The molecule has 1 N–H and O–H groups in total.